The van der Waals surface area contributed by atoms with Crippen molar-refractivity contribution in [3.8, 4) is 11.3 Å². The molecule has 1 unspecified atom stereocenters. The van der Waals surface area contributed by atoms with Crippen LogP contribution in [-0.2, 0) is 27.3 Å². The number of aryl methyl sites for hydroxylation is 2. The minimum Gasteiger partial charge on any atom is -0.469 e. The van der Waals surface area contributed by atoms with Crippen molar-refractivity contribution >= 4 is 35.5 Å². The molecular weight excluding hydrogens is 542 g/mol. The molecule has 40 heavy (non-hydrogen) atoms. The maximum Gasteiger partial charge on any atom is 0.310 e. The molecule has 0 saturated heterocycles. The first kappa shape index (κ1) is 32.2. The molecule has 3 rings (SSSR count). The van der Waals surface area contributed by atoms with E-state index in [4.69, 9.17) is 16.3 Å². The first-order chi connectivity index (χ1) is 19.0. The molecule has 0 aliphatic rings. The van der Waals surface area contributed by atoms with Gasteiger partial charge >= 0.3 is 5.97 Å². The van der Waals surface area contributed by atoms with Crippen molar-refractivity contribution in [2.75, 3.05) is 20.8 Å². The van der Waals surface area contributed by atoms with Gasteiger partial charge in [-0.2, -0.15) is 0 Å². The molecule has 0 saturated carbocycles. The van der Waals surface area contributed by atoms with Crippen molar-refractivity contribution in [1.29, 1.82) is 0 Å². The zero-order valence-electron chi connectivity index (χ0n) is 23.6. The molecule has 0 aliphatic heterocycles. The number of carbonyl (C=O) groups excluding carboxylic acids is 3. The Hall–Kier alpha value is -4.03. The van der Waals surface area contributed by atoms with Gasteiger partial charge in [-0.1, -0.05) is 25.4 Å². The number of nitrogens with zero attached hydrogens (tertiary/aromatic N) is 3. The monoisotopic (exact) mass is 575 g/mol. The number of nitro benzene ring substituents is 1. The van der Waals surface area contributed by atoms with E-state index >= 15 is 0 Å². The van der Waals surface area contributed by atoms with E-state index in [0.717, 1.165) is 0 Å². The Bertz CT molecular complexity index is 1380. The van der Waals surface area contributed by atoms with Gasteiger partial charge in [0, 0.05) is 23.9 Å². The summed E-state index contributed by atoms with van der Waals surface area (Å²) in [6, 6.07) is 4.20. The van der Waals surface area contributed by atoms with Crippen LogP contribution in [0.3, 0.4) is 0 Å². The third-order valence-corrected chi connectivity index (χ3v) is 6.26. The van der Waals surface area contributed by atoms with Crippen LogP contribution in [0.15, 0.2) is 18.2 Å². The van der Waals surface area contributed by atoms with Crippen LogP contribution in [0.2, 0.25) is 5.02 Å². The van der Waals surface area contributed by atoms with Gasteiger partial charge in [-0.3, -0.25) is 24.5 Å². The zero-order chi connectivity index (χ0) is 30.1. The molecule has 216 valence electrons. The predicted octanol–water partition coefficient (Wildman–Crippen LogP) is 4.81. The fraction of sp³-hybridized carbons (Fsp3) is 0.407. The second-order valence-corrected chi connectivity index (χ2v) is 9.21. The summed E-state index contributed by atoms with van der Waals surface area (Å²) in [5, 5.41) is 11.4. The molecule has 1 aromatic carbocycles. The number of nitrogens with one attached hydrogen (secondary N) is 2. The van der Waals surface area contributed by atoms with Crippen molar-refractivity contribution in [3.05, 3.63) is 67.4 Å². The van der Waals surface area contributed by atoms with E-state index in [9.17, 15) is 24.5 Å². The van der Waals surface area contributed by atoms with Crippen molar-refractivity contribution in [1.82, 2.24) is 19.9 Å². The molecule has 1 atom stereocenters. The zero-order valence-corrected chi connectivity index (χ0v) is 24.3. The fourth-order valence-corrected chi connectivity index (χ4v) is 4.26. The summed E-state index contributed by atoms with van der Waals surface area (Å²) in [7, 11) is 2.82. The predicted molar refractivity (Wildman–Crippen MR) is 150 cm³/mol. The van der Waals surface area contributed by atoms with Crippen molar-refractivity contribution in [3.63, 3.8) is 0 Å². The Morgan fingerprint density at radius 1 is 1.23 bits per heavy atom. The number of benzene rings is 1. The van der Waals surface area contributed by atoms with E-state index in [1.54, 1.807) is 27.0 Å². The van der Waals surface area contributed by atoms with Crippen LogP contribution in [0, 0.1) is 24.0 Å². The molecule has 2 N–H and O–H groups in total. The van der Waals surface area contributed by atoms with Gasteiger partial charge in [-0.25, -0.2) is 4.98 Å². The maximum absolute atomic E-state index is 12.9. The van der Waals surface area contributed by atoms with Crippen LogP contribution in [0.4, 0.5) is 5.69 Å². The molecule has 12 nitrogen and oxygen atoms in total. The number of methoxy groups -OCH3 is 1. The Morgan fingerprint density at radius 3 is 2.50 bits per heavy atom. The lowest BCUT2D eigenvalue weighted by atomic mass is 10.0. The highest BCUT2D eigenvalue weighted by Gasteiger charge is 2.25. The number of aldehydes is 1. The van der Waals surface area contributed by atoms with E-state index in [0.29, 0.717) is 34.8 Å². The number of ether oxygens (including phenoxy) is 2. The highest BCUT2D eigenvalue weighted by atomic mass is 35.5. The van der Waals surface area contributed by atoms with Crippen molar-refractivity contribution in [2.45, 2.75) is 53.7 Å². The number of amides is 1. The van der Waals surface area contributed by atoms with Gasteiger partial charge in [0.25, 0.3) is 11.6 Å². The lowest BCUT2D eigenvalue weighted by Gasteiger charge is -2.24. The fourth-order valence-electron chi connectivity index (χ4n) is 3.96. The van der Waals surface area contributed by atoms with E-state index in [2.05, 4.69) is 19.7 Å². The number of nitro groups is 1. The van der Waals surface area contributed by atoms with E-state index < -0.39 is 10.9 Å². The quantitative estimate of drug-likeness (QED) is 0.142. The third kappa shape index (κ3) is 7.54. The molecule has 1 amide bonds. The van der Waals surface area contributed by atoms with E-state index in [1.165, 1.54) is 24.1 Å². The molecule has 2 aromatic heterocycles. The minimum atomic E-state index is -0.647. The summed E-state index contributed by atoms with van der Waals surface area (Å²) in [6.45, 7) is 9.58. The smallest absolute Gasteiger partial charge is 0.310 e. The van der Waals surface area contributed by atoms with Crippen LogP contribution in [0.1, 0.15) is 64.4 Å². The van der Waals surface area contributed by atoms with Gasteiger partial charge in [0.1, 0.15) is 10.8 Å². The molecule has 0 aliphatic carbocycles. The number of aromatic amines is 2. The number of aromatic nitrogens is 3. The minimum absolute atomic E-state index is 0.0896. The second-order valence-electron chi connectivity index (χ2n) is 8.80. The summed E-state index contributed by atoms with van der Waals surface area (Å²) in [5.41, 5.74) is 2.45. The summed E-state index contributed by atoms with van der Waals surface area (Å²) >= 11 is 6.22. The second kappa shape index (κ2) is 14.4. The molecule has 3 aromatic rings. The summed E-state index contributed by atoms with van der Waals surface area (Å²) in [5.74, 6) is -0.387. The number of H-pyrrole nitrogens is 2. The first-order valence-electron chi connectivity index (χ1n) is 12.6. The average Bonchev–Trinajstić information content (AvgIpc) is 3.49. The molecule has 0 fully saturated rings. The first-order valence-corrected chi connectivity index (χ1v) is 12.9. The van der Waals surface area contributed by atoms with Crippen molar-refractivity contribution < 1.29 is 28.8 Å². The largest absolute Gasteiger partial charge is 0.469 e. The summed E-state index contributed by atoms with van der Waals surface area (Å²) in [6.07, 6.45) is 0.276. The number of carbonyl (C=O) groups is 3. The lowest BCUT2D eigenvalue weighted by molar-refractivity contribution is -0.385. The Balaban J connectivity index is 0.00000274. The Labute approximate surface area is 237 Å². The number of esters is 1. The van der Waals surface area contributed by atoms with Crippen LogP contribution in [0.25, 0.3) is 11.3 Å². The number of rotatable bonds is 11. The lowest BCUT2D eigenvalue weighted by Crippen LogP contribution is -2.38. The molecule has 0 radical (unpaired) electrons. The Kier molecular flexibility index (Phi) is 11.6. The molecule has 0 bridgehead atoms. The average molecular weight is 576 g/mol. The Morgan fingerprint density at radius 2 is 1.90 bits per heavy atom. The van der Waals surface area contributed by atoms with Crippen LogP contribution in [-0.4, -0.2) is 69.7 Å². The van der Waals surface area contributed by atoms with E-state index in [-0.39, 0.29) is 59.1 Å². The van der Waals surface area contributed by atoms with Crippen LogP contribution >= 0.6 is 11.6 Å². The SMILES string of the molecule is CC.COC(=O)Cc1cc(-c2nc(C)[nH]c2COCC(C)N(C)C(=O)c2cc(C)[nH]c2C=O)cc(Cl)c1[N+](=O)[O-]. The third-order valence-electron chi connectivity index (χ3n) is 5.98. The van der Waals surface area contributed by atoms with Gasteiger partial charge < -0.3 is 24.3 Å². The number of halogens is 1. The maximum atomic E-state index is 12.9. The summed E-state index contributed by atoms with van der Waals surface area (Å²) < 4.78 is 10.5. The van der Waals surface area contributed by atoms with Gasteiger partial charge in [0.2, 0.25) is 0 Å². The van der Waals surface area contributed by atoms with Crippen molar-refractivity contribution in [2.24, 2.45) is 0 Å². The molecule has 2 heterocycles. The number of imidazole rings is 1. The molecule has 0 spiro atoms. The molecular formula is C27H34ClN5O7. The highest BCUT2D eigenvalue weighted by Crippen LogP contribution is 2.35. The van der Waals surface area contributed by atoms with Gasteiger partial charge in [-0.05, 0) is 39.0 Å². The van der Waals surface area contributed by atoms with Gasteiger partial charge in [0.05, 0.1) is 60.4 Å². The van der Waals surface area contributed by atoms with Crippen LogP contribution in [0.5, 0.6) is 0 Å². The number of likely N-dealkylation sites (N-methyl/N-ethyl adjacent to an activating group) is 1. The van der Waals surface area contributed by atoms with Gasteiger partial charge in [0.15, 0.2) is 6.29 Å². The standard InChI is InChI=1S/C25H28ClN5O7.C2H6/c1-13-6-18(20(10-32)27-13)25(34)30(4)14(2)11-38-12-21-23(29-15(3)28-21)16-7-17(9-22(33)37-5)24(31(35)36)19(26)8-16;1-2/h6-8,10,14,27H,9,11-12H2,1-5H3,(H,28,29);1-2H3. The topological polar surface area (TPSA) is 161 Å². The summed E-state index contributed by atoms with van der Waals surface area (Å²) in [4.78, 5) is 58.8. The molecule has 13 heteroatoms. The number of hydrogen-bond acceptors (Lipinski definition) is 8. The number of hydrogen-bond donors (Lipinski definition) is 2. The highest BCUT2D eigenvalue weighted by molar-refractivity contribution is 6.33. The van der Waals surface area contributed by atoms with E-state index in [1.807, 2.05) is 20.8 Å². The van der Waals surface area contributed by atoms with Gasteiger partial charge in [-0.15, -0.1) is 0 Å². The van der Waals surface area contributed by atoms with Crippen LogP contribution < -0.4 is 0 Å². The normalized spacial score (nSPS) is 11.3.